The highest BCUT2D eigenvalue weighted by atomic mass is 32.1. The molecule has 78 valence electrons. The predicted octanol–water partition coefficient (Wildman–Crippen LogP) is 3.24. The molecule has 0 aliphatic carbocycles. The highest BCUT2D eigenvalue weighted by Crippen LogP contribution is 2.14. The largest absolute Gasteiger partial charge is 0.319 e. The third kappa shape index (κ3) is 4.58. The molecule has 0 fully saturated rings. The van der Waals surface area contributed by atoms with E-state index < -0.39 is 0 Å². The lowest BCUT2D eigenvalue weighted by Gasteiger charge is -2.00. The van der Waals surface area contributed by atoms with Crippen LogP contribution in [0, 0.1) is 0 Å². The number of nitrogens with one attached hydrogen (secondary N) is 1. The second kappa shape index (κ2) is 6.80. The molecule has 1 aromatic heterocycles. The van der Waals surface area contributed by atoms with Crippen molar-refractivity contribution in [1.82, 2.24) is 5.32 Å². The molecule has 0 saturated heterocycles. The molecule has 1 rings (SSSR count). The van der Waals surface area contributed by atoms with Gasteiger partial charge in [0.15, 0.2) is 0 Å². The highest BCUT2D eigenvalue weighted by molar-refractivity contribution is 7.09. The van der Waals surface area contributed by atoms with Gasteiger partial charge in [0, 0.05) is 4.88 Å². The van der Waals surface area contributed by atoms with E-state index in [-0.39, 0.29) is 0 Å². The number of allylic oxidation sites excluding steroid dienone is 1. The molecule has 1 heterocycles. The molecular weight excluding hydrogens is 190 g/mol. The van der Waals surface area contributed by atoms with Gasteiger partial charge in [-0.3, -0.25) is 0 Å². The van der Waals surface area contributed by atoms with Gasteiger partial charge in [-0.15, -0.1) is 11.3 Å². The average Bonchev–Trinajstić information content (AvgIpc) is 2.68. The van der Waals surface area contributed by atoms with E-state index in [9.17, 15) is 0 Å². The average molecular weight is 209 g/mol. The normalized spacial score (nSPS) is 12.0. The van der Waals surface area contributed by atoms with Gasteiger partial charge in [-0.05, 0) is 51.2 Å². The van der Waals surface area contributed by atoms with Crippen LogP contribution in [-0.2, 0) is 6.42 Å². The van der Waals surface area contributed by atoms with Crippen molar-refractivity contribution in [2.45, 2.75) is 26.2 Å². The minimum atomic E-state index is 1.08. The molecule has 0 saturated carbocycles. The molecule has 0 bridgehead atoms. The summed E-state index contributed by atoms with van der Waals surface area (Å²) >= 11 is 1.85. The van der Waals surface area contributed by atoms with Gasteiger partial charge in [-0.2, -0.15) is 0 Å². The Hall–Kier alpha value is -0.600. The van der Waals surface area contributed by atoms with Crippen molar-refractivity contribution >= 4 is 11.3 Å². The Labute approximate surface area is 90.9 Å². The van der Waals surface area contributed by atoms with Gasteiger partial charge in [0.25, 0.3) is 0 Å². The van der Waals surface area contributed by atoms with Crippen LogP contribution in [-0.4, -0.2) is 13.6 Å². The SMILES string of the molecule is CNCCC=C(C)CCc1cccs1. The van der Waals surface area contributed by atoms with E-state index in [2.05, 4.69) is 35.8 Å². The lowest BCUT2D eigenvalue weighted by atomic mass is 10.1. The Kier molecular flexibility index (Phi) is 5.57. The first-order valence-electron chi connectivity index (χ1n) is 5.15. The van der Waals surface area contributed by atoms with E-state index in [1.54, 1.807) is 0 Å². The molecule has 0 aromatic carbocycles. The molecule has 1 nitrogen and oxygen atoms in total. The molecule has 1 aromatic rings. The Morgan fingerprint density at radius 3 is 3.07 bits per heavy atom. The van der Waals surface area contributed by atoms with Gasteiger partial charge < -0.3 is 5.32 Å². The zero-order chi connectivity index (χ0) is 10.2. The van der Waals surface area contributed by atoms with Gasteiger partial charge >= 0.3 is 0 Å². The van der Waals surface area contributed by atoms with Crippen molar-refractivity contribution in [2.75, 3.05) is 13.6 Å². The van der Waals surface area contributed by atoms with Crippen molar-refractivity contribution in [3.63, 3.8) is 0 Å². The van der Waals surface area contributed by atoms with E-state index in [0.717, 1.165) is 13.0 Å². The summed E-state index contributed by atoms with van der Waals surface area (Å²) in [6, 6.07) is 4.34. The molecule has 0 aliphatic rings. The number of hydrogen-bond donors (Lipinski definition) is 1. The Bertz CT molecular complexity index is 262. The summed E-state index contributed by atoms with van der Waals surface area (Å²) in [5.41, 5.74) is 1.51. The number of rotatable bonds is 6. The van der Waals surface area contributed by atoms with Crippen molar-refractivity contribution < 1.29 is 0 Å². The van der Waals surface area contributed by atoms with Crippen molar-refractivity contribution in [1.29, 1.82) is 0 Å². The van der Waals surface area contributed by atoms with Gasteiger partial charge in [-0.25, -0.2) is 0 Å². The summed E-state index contributed by atoms with van der Waals surface area (Å²) in [4.78, 5) is 1.49. The van der Waals surface area contributed by atoms with Crippen molar-refractivity contribution in [3.8, 4) is 0 Å². The summed E-state index contributed by atoms with van der Waals surface area (Å²) in [6.45, 7) is 3.31. The third-order valence-corrected chi connectivity index (χ3v) is 3.17. The fourth-order valence-electron chi connectivity index (χ4n) is 1.34. The van der Waals surface area contributed by atoms with Gasteiger partial charge in [0.1, 0.15) is 0 Å². The van der Waals surface area contributed by atoms with Crippen LogP contribution < -0.4 is 5.32 Å². The first-order chi connectivity index (χ1) is 6.83. The van der Waals surface area contributed by atoms with E-state index in [4.69, 9.17) is 0 Å². The van der Waals surface area contributed by atoms with Gasteiger partial charge in [-0.1, -0.05) is 17.7 Å². The maximum absolute atomic E-state index is 3.15. The molecule has 1 N–H and O–H groups in total. The summed E-state index contributed by atoms with van der Waals surface area (Å²) in [6.07, 6.45) is 5.88. The van der Waals surface area contributed by atoms with Gasteiger partial charge in [0.05, 0.1) is 0 Å². The highest BCUT2D eigenvalue weighted by Gasteiger charge is 1.94. The minimum absolute atomic E-state index is 1.08. The van der Waals surface area contributed by atoms with Crippen LogP contribution in [0.5, 0.6) is 0 Å². The quantitative estimate of drug-likeness (QED) is 0.560. The van der Waals surface area contributed by atoms with Crippen LogP contribution in [0.2, 0.25) is 0 Å². The molecule has 0 aliphatic heterocycles. The van der Waals surface area contributed by atoms with Crippen LogP contribution >= 0.6 is 11.3 Å². The Balaban J connectivity index is 2.20. The fraction of sp³-hybridized carbons (Fsp3) is 0.500. The molecule has 0 radical (unpaired) electrons. The van der Waals surface area contributed by atoms with Crippen LogP contribution in [0.4, 0.5) is 0 Å². The molecule has 0 spiro atoms. The second-order valence-corrected chi connectivity index (χ2v) is 4.55. The summed E-state index contributed by atoms with van der Waals surface area (Å²) in [5.74, 6) is 0. The number of hydrogen-bond acceptors (Lipinski definition) is 2. The van der Waals surface area contributed by atoms with Crippen molar-refractivity contribution in [2.24, 2.45) is 0 Å². The summed E-state index contributed by atoms with van der Waals surface area (Å²) in [7, 11) is 1.99. The monoisotopic (exact) mass is 209 g/mol. The molecule has 0 atom stereocenters. The van der Waals surface area contributed by atoms with E-state index in [1.165, 1.54) is 23.3 Å². The predicted molar refractivity (Wildman–Crippen MR) is 64.9 cm³/mol. The van der Waals surface area contributed by atoms with E-state index in [0.29, 0.717) is 0 Å². The second-order valence-electron chi connectivity index (χ2n) is 3.52. The van der Waals surface area contributed by atoms with E-state index in [1.807, 2.05) is 18.4 Å². The van der Waals surface area contributed by atoms with Crippen LogP contribution in [0.3, 0.4) is 0 Å². The first-order valence-corrected chi connectivity index (χ1v) is 6.03. The van der Waals surface area contributed by atoms with Crippen LogP contribution in [0.25, 0.3) is 0 Å². The maximum Gasteiger partial charge on any atom is 0.00483 e. The lowest BCUT2D eigenvalue weighted by molar-refractivity contribution is 0.799. The fourth-order valence-corrected chi connectivity index (χ4v) is 2.05. The number of thiophene rings is 1. The molecular formula is C12H19NS. The Morgan fingerprint density at radius 2 is 2.43 bits per heavy atom. The zero-order valence-electron chi connectivity index (χ0n) is 9.05. The van der Waals surface area contributed by atoms with E-state index >= 15 is 0 Å². The Morgan fingerprint density at radius 1 is 1.57 bits per heavy atom. The molecule has 0 unspecified atom stereocenters. The molecule has 0 amide bonds. The topological polar surface area (TPSA) is 12.0 Å². The van der Waals surface area contributed by atoms with Gasteiger partial charge in [0.2, 0.25) is 0 Å². The van der Waals surface area contributed by atoms with Crippen LogP contribution in [0.15, 0.2) is 29.2 Å². The molecule has 2 heteroatoms. The third-order valence-electron chi connectivity index (χ3n) is 2.23. The standard InChI is InChI=1S/C12H19NS/c1-11(5-3-9-13-2)7-8-12-6-4-10-14-12/h4-6,10,13H,3,7-9H2,1-2H3. The molecule has 14 heavy (non-hydrogen) atoms. The number of aryl methyl sites for hydroxylation is 1. The van der Waals surface area contributed by atoms with Crippen LogP contribution in [0.1, 0.15) is 24.6 Å². The van der Waals surface area contributed by atoms with Crippen molar-refractivity contribution in [3.05, 3.63) is 34.0 Å². The smallest absolute Gasteiger partial charge is 0.00483 e. The maximum atomic E-state index is 3.15. The lowest BCUT2D eigenvalue weighted by Crippen LogP contribution is -2.06. The zero-order valence-corrected chi connectivity index (χ0v) is 9.86. The summed E-state index contributed by atoms with van der Waals surface area (Å²) in [5, 5.41) is 5.30. The summed E-state index contributed by atoms with van der Waals surface area (Å²) < 4.78 is 0. The first kappa shape index (κ1) is 11.5. The minimum Gasteiger partial charge on any atom is -0.319 e.